The van der Waals surface area contributed by atoms with Gasteiger partial charge in [-0.25, -0.2) is 0 Å². The fraction of sp³-hybridized carbons (Fsp3) is 0.889. The first-order valence-electron chi connectivity index (χ1n) is 4.40. The van der Waals surface area contributed by atoms with Crippen molar-refractivity contribution in [3.8, 4) is 0 Å². The van der Waals surface area contributed by atoms with Crippen molar-refractivity contribution in [2.75, 3.05) is 0 Å². The van der Waals surface area contributed by atoms with E-state index in [0.29, 0.717) is 5.92 Å². The monoisotopic (exact) mass is 156 g/mol. The second kappa shape index (κ2) is 2.84. The van der Waals surface area contributed by atoms with Crippen molar-refractivity contribution in [1.82, 2.24) is 0 Å². The number of aliphatic carboxylic acids is 1. The van der Waals surface area contributed by atoms with Gasteiger partial charge < -0.3 is 5.11 Å². The molecule has 1 N–H and O–H groups in total. The molecule has 0 amide bonds. The summed E-state index contributed by atoms with van der Waals surface area (Å²) in [5.41, 5.74) is -0.352. The minimum Gasteiger partial charge on any atom is -0.481 e. The molecule has 0 unspecified atom stereocenters. The second-order valence-corrected chi connectivity index (χ2v) is 3.46. The summed E-state index contributed by atoms with van der Waals surface area (Å²) in [6.07, 6.45) is 3.80. The van der Waals surface area contributed by atoms with Crippen LogP contribution in [0.4, 0.5) is 0 Å². The molecule has 1 aliphatic rings. The summed E-state index contributed by atoms with van der Waals surface area (Å²) in [7, 11) is 0. The molecular formula is C9H16O2. The first-order chi connectivity index (χ1) is 5.17. The van der Waals surface area contributed by atoms with Gasteiger partial charge in [0.15, 0.2) is 0 Å². The van der Waals surface area contributed by atoms with Crippen LogP contribution in [0.2, 0.25) is 0 Å². The van der Waals surface area contributed by atoms with Crippen LogP contribution in [0.15, 0.2) is 0 Å². The van der Waals surface area contributed by atoms with Crippen molar-refractivity contribution < 1.29 is 9.90 Å². The summed E-state index contributed by atoms with van der Waals surface area (Å²) >= 11 is 0. The van der Waals surface area contributed by atoms with Crippen LogP contribution >= 0.6 is 0 Å². The van der Waals surface area contributed by atoms with E-state index in [1.54, 1.807) is 0 Å². The Bertz CT molecular complexity index is 159. The van der Waals surface area contributed by atoms with Crippen LogP contribution in [-0.4, -0.2) is 11.1 Å². The third-order valence-corrected chi connectivity index (χ3v) is 3.27. The van der Waals surface area contributed by atoms with Crippen LogP contribution in [-0.2, 0) is 4.79 Å². The number of hydrogen-bond donors (Lipinski definition) is 1. The predicted molar refractivity (Wildman–Crippen MR) is 43.4 cm³/mol. The Morgan fingerprint density at radius 2 is 2.27 bits per heavy atom. The van der Waals surface area contributed by atoms with E-state index in [1.165, 1.54) is 0 Å². The largest absolute Gasteiger partial charge is 0.481 e. The summed E-state index contributed by atoms with van der Waals surface area (Å²) in [5.74, 6) is -0.150. The van der Waals surface area contributed by atoms with E-state index >= 15 is 0 Å². The lowest BCUT2D eigenvalue weighted by molar-refractivity contribution is -0.161. The highest BCUT2D eigenvalue weighted by molar-refractivity contribution is 5.76. The van der Waals surface area contributed by atoms with Crippen molar-refractivity contribution in [2.45, 2.75) is 39.5 Å². The molecule has 0 aromatic rings. The first kappa shape index (κ1) is 8.57. The molecule has 0 aromatic carbocycles. The Labute approximate surface area is 67.6 Å². The van der Waals surface area contributed by atoms with E-state index in [1.807, 2.05) is 6.92 Å². The lowest BCUT2D eigenvalue weighted by Crippen LogP contribution is -2.45. The van der Waals surface area contributed by atoms with Crippen molar-refractivity contribution in [1.29, 1.82) is 0 Å². The molecule has 0 bridgehead atoms. The molecule has 1 fully saturated rings. The smallest absolute Gasteiger partial charge is 0.309 e. The summed E-state index contributed by atoms with van der Waals surface area (Å²) < 4.78 is 0. The lowest BCUT2D eigenvalue weighted by atomic mass is 9.58. The molecule has 0 heterocycles. The molecule has 1 saturated carbocycles. The molecule has 2 nitrogen and oxygen atoms in total. The second-order valence-electron chi connectivity index (χ2n) is 3.46. The van der Waals surface area contributed by atoms with Gasteiger partial charge in [-0.3, -0.25) is 4.79 Å². The van der Waals surface area contributed by atoms with Gasteiger partial charge in [-0.2, -0.15) is 0 Å². The van der Waals surface area contributed by atoms with Gasteiger partial charge in [0.25, 0.3) is 0 Å². The molecule has 0 radical (unpaired) electrons. The molecule has 1 rings (SSSR count). The molecule has 2 heteroatoms. The molecule has 0 aliphatic heterocycles. The average Bonchev–Trinajstić information content (AvgIpc) is 1.87. The van der Waals surface area contributed by atoms with E-state index in [0.717, 1.165) is 25.7 Å². The van der Waals surface area contributed by atoms with Crippen LogP contribution in [0.5, 0.6) is 0 Å². The SMILES string of the molecule is CC[C@H]1CC[C@@]1(CC)C(=O)O. The number of hydrogen-bond acceptors (Lipinski definition) is 1. The lowest BCUT2D eigenvalue weighted by Gasteiger charge is -2.45. The van der Waals surface area contributed by atoms with Gasteiger partial charge >= 0.3 is 5.97 Å². The topological polar surface area (TPSA) is 37.3 Å². The van der Waals surface area contributed by atoms with Crippen LogP contribution in [0.1, 0.15) is 39.5 Å². The number of carboxylic acid groups (broad SMARTS) is 1. The van der Waals surface area contributed by atoms with E-state index in [4.69, 9.17) is 5.11 Å². The third kappa shape index (κ3) is 1.05. The van der Waals surface area contributed by atoms with Gasteiger partial charge in [0.05, 0.1) is 5.41 Å². The average molecular weight is 156 g/mol. The zero-order chi connectivity index (χ0) is 8.48. The quantitative estimate of drug-likeness (QED) is 0.680. The fourth-order valence-corrected chi connectivity index (χ4v) is 2.19. The van der Waals surface area contributed by atoms with Crippen LogP contribution in [0, 0.1) is 11.3 Å². The number of carbonyl (C=O) groups is 1. The number of carboxylic acids is 1. The van der Waals surface area contributed by atoms with Crippen molar-refractivity contribution >= 4 is 5.97 Å². The van der Waals surface area contributed by atoms with Crippen molar-refractivity contribution in [2.24, 2.45) is 11.3 Å². The molecule has 0 spiro atoms. The number of rotatable bonds is 3. The Balaban J connectivity index is 2.69. The highest BCUT2D eigenvalue weighted by Gasteiger charge is 2.50. The van der Waals surface area contributed by atoms with Gasteiger partial charge in [-0.1, -0.05) is 20.3 Å². The van der Waals surface area contributed by atoms with Crippen LogP contribution in [0.25, 0.3) is 0 Å². The standard InChI is InChI=1S/C9H16O2/c1-3-7-5-6-9(7,4-2)8(10)11/h7H,3-6H2,1-2H3,(H,10,11)/t7-,9+/m0/s1. The Hall–Kier alpha value is -0.530. The molecule has 11 heavy (non-hydrogen) atoms. The maximum atomic E-state index is 10.9. The van der Waals surface area contributed by atoms with Gasteiger partial charge in [0, 0.05) is 0 Å². The van der Waals surface area contributed by atoms with Gasteiger partial charge in [-0.15, -0.1) is 0 Å². The highest BCUT2D eigenvalue weighted by atomic mass is 16.4. The fourth-order valence-electron chi connectivity index (χ4n) is 2.19. The Morgan fingerprint density at radius 1 is 1.64 bits per heavy atom. The third-order valence-electron chi connectivity index (χ3n) is 3.27. The first-order valence-corrected chi connectivity index (χ1v) is 4.40. The molecule has 2 atom stereocenters. The molecule has 0 saturated heterocycles. The molecule has 0 aromatic heterocycles. The van der Waals surface area contributed by atoms with E-state index in [9.17, 15) is 4.79 Å². The van der Waals surface area contributed by atoms with E-state index in [-0.39, 0.29) is 5.41 Å². The van der Waals surface area contributed by atoms with E-state index < -0.39 is 5.97 Å². The summed E-state index contributed by atoms with van der Waals surface area (Å²) in [4.78, 5) is 10.9. The Morgan fingerprint density at radius 3 is 2.36 bits per heavy atom. The normalized spacial score (nSPS) is 36.4. The zero-order valence-electron chi connectivity index (χ0n) is 7.26. The van der Waals surface area contributed by atoms with Crippen LogP contribution < -0.4 is 0 Å². The van der Waals surface area contributed by atoms with Crippen molar-refractivity contribution in [3.63, 3.8) is 0 Å². The summed E-state index contributed by atoms with van der Waals surface area (Å²) in [5, 5.41) is 8.99. The molecular weight excluding hydrogens is 140 g/mol. The summed E-state index contributed by atoms with van der Waals surface area (Å²) in [6.45, 7) is 4.06. The maximum Gasteiger partial charge on any atom is 0.309 e. The van der Waals surface area contributed by atoms with Crippen LogP contribution in [0.3, 0.4) is 0 Å². The summed E-state index contributed by atoms with van der Waals surface area (Å²) in [6, 6.07) is 0. The van der Waals surface area contributed by atoms with E-state index in [2.05, 4.69) is 6.92 Å². The molecule has 1 aliphatic carbocycles. The van der Waals surface area contributed by atoms with Gasteiger partial charge in [0.1, 0.15) is 0 Å². The highest BCUT2D eigenvalue weighted by Crippen LogP contribution is 2.50. The Kier molecular flexibility index (Phi) is 2.21. The minimum atomic E-state index is -0.585. The molecule has 64 valence electrons. The van der Waals surface area contributed by atoms with Crippen molar-refractivity contribution in [3.05, 3.63) is 0 Å². The van der Waals surface area contributed by atoms with Gasteiger partial charge in [-0.05, 0) is 25.2 Å². The predicted octanol–water partition coefficient (Wildman–Crippen LogP) is 2.29. The maximum absolute atomic E-state index is 10.9. The van der Waals surface area contributed by atoms with Gasteiger partial charge in [0.2, 0.25) is 0 Å². The zero-order valence-corrected chi connectivity index (χ0v) is 7.26. The minimum absolute atomic E-state index is 0.352.